The number of benzene rings is 1. The van der Waals surface area contributed by atoms with E-state index in [4.69, 9.17) is 18.9 Å². The molecule has 102 valence electrons. The molecule has 19 heavy (non-hydrogen) atoms. The molecule has 0 atom stereocenters. The van der Waals surface area contributed by atoms with E-state index < -0.39 is 5.97 Å². The van der Waals surface area contributed by atoms with Gasteiger partial charge in [0.25, 0.3) is 0 Å². The summed E-state index contributed by atoms with van der Waals surface area (Å²) in [5.74, 6) is 0.738. The van der Waals surface area contributed by atoms with Gasteiger partial charge in [0.05, 0.1) is 11.7 Å². The van der Waals surface area contributed by atoms with E-state index in [-0.39, 0.29) is 25.3 Å². The molecule has 6 heteroatoms. The van der Waals surface area contributed by atoms with Gasteiger partial charge in [0.2, 0.25) is 6.79 Å². The number of aldehydes is 1. The van der Waals surface area contributed by atoms with Crippen molar-refractivity contribution < 1.29 is 28.5 Å². The van der Waals surface area contributed by atoms with E-state index in [1.165, 1.54) is 12.1 Å². The van der Waals surface area contributed by atoms with Crippen molar-refractivity contribution in [2.45, 2.75) is 20.0 Å². The fourth-order valence-electron chi connectivity index (χ4n) is 1.59. The van der Waals surface area contributed by atoms with E-state index >= 15 is 0 Å². The Morgan fingerprint density at radius 1 is 1.37 bits per heavy atom. The van der Waals surface area contributed by atoms with E-state index in [9.17, 15) is 9.59 Å². The summed E-state index contributed by atoms with van der Waals surface area (Å²) in [6, 6.07) is 3.03. The Bertz CT molecular complexity index is 494. The quantitative estimate of drug-likeness (QED) is 0.595. The molecule has 0 amide bonds. The number of hydrogen-bond donors (Lipinski definition) is 0. The predicted octanol–water partition coefficient (Wildman–Crippen LogP) is 1.56. The molecular weight excluding hydrogens is 252 g/mol. The molecule has 1 aromatic rings. The molecule has 2 rings (SSSR count). The van der Waals surface area contributed by atoms with Crippen LogP contribution >= 0.6 is 0 Å². The lowest BCUT2D eigenvalue weighted by Gasteiger charge is -2.11. The minimum atomic E-state index is -0.496. The second-order valence-corrected chi connectivity index (χ2v) is 4.19. The highest BCUT2D eigenvalue weighted by Crippen LogP contribution is 2.37. The molecule has 0 fully saturated rings. The number of rotatable bonds is 5. The summed E-state index contributed by atoms with van der Waals surface area (Å²) >= 11 is 0. The molecule has 1 aliphatic rings. The van der Waals surface area contributed by atoms with Crippen LogP contribution in [0.4, 0.5) is 0 Å². The van der Waals surface area contributed by atoms with Gasteiger partial charge in [-0.15, -0.1) is 0 Å². The summed E-state index contributed by atoms with van der Waals surface area (Å²) in [6.07, 6.45) is 0.420. The van der Waals surface area contributed by atoms with Gasteiger partial charge in [-0.05, 0) is 19.9 Å². The van der Waals surface area contributed by atoms with Crippen LogP contribution in [0.15, 0.2) is 12.1 Å². The number of fused-ring (bicyclic) bond motifs is 1. The van der Waals surface area contributed by atoms with E-state index in [2.05, 4.69) is 0 Å². The Morgan fingerprint density at radius 3 is 2.68 bits per heavy atom. The second-order valence-electron chi connectivity index (χ2n) is 4.19. The standard InChI is InChI=1S/C13H14O6/c1-8(2)19-13(15)6-16-10-4-12-11(17-7-18-12)3-9(10)5-14/h3-5,8H,6-7H2,1-2H3. The van der Waals surface area contributed by atoms with Crippen LogP contribution in [0.3, 0.4) is 0 Å². The molecular formula is C13H14O6. The SMILES string of the molecule is CC(C)OC(=O)COc1cc2c(cc1C=O)OCO2. The average molecular weight is 266 g/mol. The highest BCUT2D eigenvalue weighted by molar-refractivity contribution is 5.82. The van der Waals surface area contributed by atoms with E-state index in [1.54, 1.807) is 13.8 Å². The lowest BCUT2D eigenvalue weighted by Crippen LogP contribution is -2.19. The van der Waals surface area contributed by atoms with Crippen LogP contribution in [0.2, 0.25) is 0 Å². The monoisotopic (exact) mass is 266 g/mol. The van der Waals surface area contributed by atoms with Crippen molar-refractivity contribution in [3.63, 3.8) is 0 Å². The third-order valence-corrected chi connectivity index (χ3v) is 2.34. The lowest BCUT2D eigenvalue weighted by molar-refractivity contribution is -0.149. The van der Waals surface area contributed by atoms with Crippen LogP contribution in [-0.2, 0) is 9.53 Å². The molecule has 0 aliphatic carbocycles. The van der Waals surface area contributed by atoms with Crippen LogP contribution in [0.5, 0.6) is 17.2 Å². The molecule has 1 aliphatic heterocycles. The molecule has 0 bridgehead atoms. The number of carbonyl (C=O) groups is 2. The van der Waals surface area contributed by atoms with Crippen molar-refractivity contribution in [3.05, 3.63) is 17.7 Å². The first-order chi connectivity index (χ1) is 9.10. The molecule has 0 saturated carbocycles. The van der Waals surface area contributed by atoms with Crippen molar-refractivity contribution in [2.75, 3.05) is 13.4 Å². The maximum absolute atomic E-state index is 11.4. The Labute approximate surface area is 110 Å². The van der Waals surface area contributed by atoms with Crippen molar-refractivity contribution in [1.82, 2.24) is 0 Å². The van der Waals surface area contributed by atoms with E-state index in [1.807, 2.05) is 0 Å². The summed E-state index contributed by atoms with van der Waals surface area (Å²) < 4.78 is 20.5. The van der Waals surface area contributed by atoms with Crippen LogP contribution < -0.4 is 14.2 Å². The van der Waals surface area contributed by atoms with Crippen molar-refractivity contribution in [1.29, 1.82) is 0 Å². The normalized spacial score (nSPS) is 12.4. The van der Waals surface area contributed by atoms with Crippen molar-refractivity contribution in [3.8, 4) is 17.2 Å². The number of ether oxygens (including phenoxy) is 4. The first-order valence-electron chi connectivity index (χ1n) is 5.81. The molecule has 0 saturated heterocycles. The minimum absolute atomic E-state index is 0.104. The molecule has 6 nitrogen and oxygen atoms in total. The molecule has 0 aromatic heterocycles. The lowest BCUT2D eigenvalue weighted by atomic mass is 10.2. The number of esters is 1. The zero-order valence-electron chi connectivity index (χ0n) is 10.7. The van der Waals surface area contributed by atoms with Gasteiger partial charge < -0.3 is 18.9 Å². The Kier molecular flexibility index (Phi) is 3.89. The van der Waals surface area contributed by atoms with Crippen LogP contribution in [0.1, 0.15) is 24.2 Å². The maximum atomic E-state index is 11.4. The Hall–Kier alpha value is -2.24. The van der Waals surface area contributed by atoms with Gasteiger partial charge in [0.1, 0.15) is 5.75 Å². The molecule has 0 radical (unpaired) electrons. The summed E-state index contributed by atoms with van der Waals surface area (Å²) in [5.41, 5.74) is 0.293. The predicted molar refractivity (Wildman–Crippen MR) is 64.7 cm³/mol. The summed E-state index contributed by atoms with van der Waals surface area (Å²) in [5, 5.41) is 0. The van der Waals surface area contributed by atoms with E-state index in [0.29, 0.717) is 23.3 Å². The first-order valence-corrected chi connectivity index (χ1v) is 5.81. The van der Waals surface area contributed by atoms with Gasteiger partial charge in [0, 0.05) is 6.07 Å². The Balaban J connectivity index is 2.07. The third kappa shape index (κ3) is 3.15. The van der Waals surface area contributed by atoms with Crippen LogP contribution in [0.25, 0.3) is 0 Å². The van der Waals surface area contributed by atoms with Crippen molar-refractivity contribution in [2.24, 2.45) is 0 Å². The largest absolute Gasteiger partial charge is 0.481 e. The summed E-state index contributed by atoms with van der Waals surface area (Å²) in [7, 11) is 0. The van der Waals surface area contributed by atoms with Gasteiger partial charge >= 0.3 is 5.97 Å². The smallest absolute Gasteiger partial charge is 0.344 e. The van der Waals surface area contributed by atoms with Gasteiger partial charge in [-0.2, -0.15) is 0 Å². The fourth-order valence-corrected chi connectivity index (χ4v) is 1.59. The third-order valence-electron chi connectivity index (χ3n) is 2.34. The van der Waals surface area contributed by atoms with Gasteiger partial charge in [-0.3, -0.25) is 4.79 Å². The molecule has 0 unspecified atom stereocenters. The highest BCUT2D eigenvalue weighted by Gasteiger charge is 2.18. The molecule has 0 spiro atoms. The highest BCUT2D eigenvalue weighted by atomic mass is 16.7. The van der Waals surface area contributed by atoms with Gasteiger partial charge in [-0.25, -0.2) is 4.79 Å². The van der Waals surface area contributed by atoms with Crippen LogP contribution in [0, 0.1) is 0 Å². The zero-order chi connectivity index (χ0) is 13.8. The van der Waals surface area contributed by atoms with E-state index in [0.717, 1.165) is 0 Å². The fraction of sp³-hybridized carbons (Fsp3) is 0.385. The van der Waals surface area contributed by atoms with Crippen LogP contribution in [-0.4, -0.2) is 31.8 Å². The zero-order valence-corrected chi connectivity index (χ0v) is 10.7. The van der Waals surface area contributed by atoms with Crippen molar-refractivity contribution >= 4 is 12.3 Å². The van der Waals surface area contributed by atoms with Gasteiger partial charge in [-0.1, -0.05) is 0 Å². The molecule has 1 aromatic carbocycles. The summed E-state index contributed by atoms with van der Waals surface area (Å²) in [4.78, 5) is 22.3. The summed E-state index contributed by atoms with van der Waals surface area (Å²) in [6.45, 7) is 3.33. The molecule has 0 N–H and O–H groups in total. The minimum Gasteiger partial charge on any atom is -0.481 e. The number of carbonyl (C=O) groups excluding carboxylic acids is 2. The Morgan fingerprint density at radius 2 is 2.05 bits per heavy atom. The number of hydrogen-bond acceptors (Lipinski definition) is 6. The van der Waals surface area contributed by atoms with Gasteiger partial charge in [0.15, 0.2) is 24.4 Å². The average Bonchev–Trinajstić information content (AvgIpc) is 2.81. The maximum Gasteiger partial charge on any atom is 0.344 e. The molecule has 1 heterocycles. The first kappa shape index (κ1) is 13.2. The second kappa shape index (κ2) is 5.60. The topological polar surface area (TPSA) is 71.1 Å².